The molecular formula is C15H34O2P2. The van der Waals surface area contributed by atoms with Crippen molar-refractivity contribution in [3.8, 4) is 0 Å². The van der Waals surface area contributed by atoms with Gasteiger partial charge in [-0.2, -0.15) is 0 Å². The Hall–Kier alpha value is 0.460. The van der Waals surface area contributed by atoms with Crippen LogP contribution in [0, 0.1) is 0 Å². The molecule has 0 saturated carbocycles. The third kappa shape index (κ3) is 9.09. The lowest BCUT2D eigenvalue weighted by Crippen LogP contribution is -2.09. The van der Waals surface area contributed by atoms with Crippen molar-refractivity contribution >= 4 is 15.6 Å². The van der Waals surface area contributed by atoms with E-state index in [1.54, 1.807) is 0 Å². The van der Waals surface area contributed by atoms with Crippen LogP contribution < -0.4 is 0 Å². The van der Waals surface area contributed by atoms with E-state index in [9.17, 15) is 9.13 Å². The van der Waals surface area contributed by atoms with Crippen LogP contribution in [0.4, 0.5) is 0 Å². The molecule has 0 aromatic rings. The average molecular weight is 308 g/mol. The van der Waals surface area contributed by atoms with Gasteiger partial charge in [-0.05, 0) is 19.0 Å². The number of unbranched alkanes of at least 4 members (excludes halogenated alkanes) is 3. The van der Waals surface area contributed by atoms with Crippen molar-refractivity contribution in [1.82, 2.24) is 0 Å². The number of rotatable bonds is 11. The van der Waals surface area contributed by atoms with E-state index in [0.29, 0.717) is 17.0 Å². The summed E-state index contributed by atoms with van der Waals surface area (Å²) >= 11 is 0. The lowest BCUT2D eigenvalue weighted by molar-refractivity contribution is 0.546. The van der Waals surface area contributed by atoms with Crippen molar-refractivity contribution in [2.75, 3.05) is 6.16 Å². The summed E-state index contributed by atoms with van der Waals surface area (Å²) in [7, 11) is -2.99. The van der Waals surface area contributed by atoms with Crippen LogP contribution >= 0.6 is 15.6 Å². The molecule has 0 N–H and O–H groups in total. The molecule has 0 heterocycles. The van der Waals surface area contributed by atoms with Gasteiger partial charge in [0.15, 0.2) is 0 Å². The maximum Gasteiger partial charge on any atom is 0.0815 e. The van der Waals surface area contributed by atoms with Gasteiger partial charge in [-0.15, -0.1) is 0 Å². The van der Waals surface area contributed by atoms with Crippen molar-refractivity contribution in [3.63, 3.8) is 0 Å². The first-order chi connectivity index (χ1) is 8.90. The summed E-state index contributed by atoms with van der Waals surface area (Å²) in [5.74, 6) is 0. The van der Waals surface area contributed by atoms with Crippen molar-refractivity contribution in [2.45, 2.75) is 90.1 Å². The summed E-state index contributed by atoms with van der Waals surface area (Å²) in [5.41, 5.74) is 0.921. The van der Waals surface area contributed by atoms with Gasteiger partial charge in [-0.1, -0.05) is 60.3 Å². The molecule has 0 aromatic heterocycles. The van der Waals surface area contributed by atoms with Gasteiger partial charge >= 0.3 is 0 Å². The molecule has 0 spiro atoms. The fourth-order valence-electron chi connectivity index (χ4n) is 2.32. The molecule has 0 rings (SSSR count). The van der Waals surface area contributed by atoms with E-state index in [1.165, 1.54) is 25.7 Å². The van der Waals surface area contributed by atoms with Gasteiger partial charge in [-0.25, -0.2) is 0 Å². The minimum absolute atomic E-state index is 0.294. The largest absolute Gasteiger partial charge is 0.327 e. The molecule has 0 aromatic carbocycles. The van der Waals surface area contributed by atoms with Gasteiger partial charge in [0.1, 0.15) is 0 Å². The Kier molecular flexibility index (Phi) is 11.4. The average Bonchev–Trinajstić information content (AvgIpc) is 2.36. The quantitative estimate of drug-likeness (QED) is 0.365. The maximum absolute atomic E-state index is 12.4. The molecule has 0 saturated heterocycles. The Balaban J connectivity index is 4.26. The Morgan fingerprint density at radius 3 is 1.95 bits per heavy atom. The highest BCUT2D eigenvalue weighted by Crippen LogP contribution is 2.41. The van der Waals surface area contributed by atoms with Crippen LogP contribution in [0.15, 0.2) is 0 Å². The van der Waals surface area contributed by atoms with E-state index >= 15 is 0 Å². The van der Waals surface area contributed by atoms with E-state index in [1.807, 2.05) is 13.8 Å². The SMILES string of the molecule is CCCCCCC(CC[PH](=O)C(C)C)[PH](=O)C(C)C. The predicted molar refractivity (Wildman–Crippen MR) is 90.3 cm³/mol. The third-order valence-electron chi connectivity index (χ3n) is 3.76. The highest BCUT2D eigenvalue weighted by Gasteiger charge is 2.20. The first-order valence-electron chi connectivity index (χ1n) is 7.96. The molecule has 2 nitrogen and oxygen atoms in total. The lowest BCUT2D eigenvalue weighted by atomic mass is 10.1. The van der Waals surface area contributed by atoms with Crippen LogP contribution in [0.3, 0.4) is 0 Å². The van der Waals surface area contributed by atoms with Crippen LogP contribution in [0.1, 0.15) is 73.1 Å². The number of hydrogen-bond acceptors (Lipinski definition) is 2. The monoisotopic (exact) mass is 308 g/mol. The second-order valence-electron chi connectivity index (χ2n) is 6.26. The Labute approximate surface area is 121 Å². The fourth-order valence-corrected chi connectivity index (χ4v) is 5.68. The van der Waals surface area contributed by atoms with Gasteiger partial charge in [0.05, 0.1) is 15.6 Å². The molecule has 116 valence electrons. The molecule has 0 aliphatic carbocycles. The minimum Gasteiger partial charge on any atom is -0.327 e. The smallest absolute Gasteiger partial charge is 0.0815 e. The van der Waals surface area contributed by atoms with E-state index in [2.05, 4.69) is 20.8 Å². The van der Waals surface area contributed by atoms with Crippen molar-refractivity contribution in [2.24, 2.45) is 0 Å². The van der Waals surface area contributed by atoms with E-state index in [-0.39, 0.29) is 0 Å². The Morgan fingerprint density at radius 2 is 1.47 bits per heavy atom. The van der Waals surface area contributed by atoms with Crippen molar-refractivity contribution in [1.29, 1.82) is 0 Å². The topological polar surface area (TPSA) is 34.1 Å². The Morgan fingerprint density at radius 1 is 0.842 bits per heavy atom. The molecule has 0 amide bonds. The van der Waals surface area contributed by atoms with E-state index < -0.39 is 15.6 Å². The second kappa shape index (κ2) is 11.2. The zero-order valence-electron chi connectivity index (χ0n) is 13.5. The molecule has 0 bridgehead atoms. The van der Waals surface area contributed by atoms with Gasteiger partial charge < -0.3 is 9.13 Å². The van der Waals surface area contributed by atoms with Crippen LogP contribution in [0.5, 0.6) is 0 Å². The second-order valence-corrected chi connectivity index (χ2v) is 11.6. The highest BCUT2D eigenvalue weighted by atomic mass is 31.1. The van der Waals surface area contributed by atoms with Gasteiger partial charge in [0.25, 0.3) is 0 Å². The van der Waals surface area contributed by atoms with E-state index in [0.717, 1.165) is 19.0 Å². The van der Waals surface area contributed by atoms with Gasteiger partial charge in [-0.3, -0.25) is 0 Å². The maximum atomic E-state index is 12.4. The van der Waals surface area contributed by atoms with Gasteiger partial charge in [0.2, 0.25) is 0 Å². The molecule has 0 fully saturated rings. The zero-order valence-corrected chi connectivity index (χ0v) is 15.5. The highest BCUT2D eigenvalue weighted by molar-refractivity contribution is 7.47. The molecule has 0 radical (unpaired) electrons. The van der Waals surface area contributed by atoms with Crippen molar-refractivity contribution in [3.05, 3.63) is 0 Å². The minimum atomic E-state index is -1.53. The normalized spacial score (nSPS) is 16.8. The molecular weight excluding hydrogens is 274 g/mol. The zero-order chi connectivity index (χ0) is 14.8. The van der Waals surface area contributed by atoms with Gasteiger partial charge in [0, 0.05) is 17.0 Å². The predicted octanol–water partition coefficient (Wildman–Crippen LogP) is 5.65. The molecule has 19 heavy (non-hydrogen) atoms. The summed E-state index contributed by atoms with van der Waals surface area (Å²) in [6.07, 6.45) is 7.73. The van der Waals surface area contributed by atoms with Crippen molar-refractivity contribution < 1.29 is 9.13 Å². The summed E-state index contributed by atoms with van der Waals surface area (Å²) < 4.78 is 24.3. The molecule has 0 aliphatic rings. The molecule has 4 heteroatoms. The summed E-state index contributed by atoms with van der Waals surface area (Å²) in [5, 5.41) is 0. The summed E-state index contributed by atoms with van der Waals surface area (Å²) in [4.78, 5) is 0. The Bertz CT molecular complexity index is 275. The standard InChI is InChI=1S/C15H34O2P2/c1-6-7-8-9-10-15(19(17)14(4)5)11-12-18(16)13(2)3/h13-15,18-19H,6-12H2,1-5H3. The third-order valence-corrected chi connectivity index (χ3v) is 8.35. The molecule has 0 aliphatic heterocycles. The number of hydrogen-bond donors (Lipinski definition) is 0. The molecule has 3 atom stereocenters. The summed E-state index contributed by atoms with van der Waals surface area (Å²) in [6.45, 7) is 10.4. The molecule has 3 unspecified atom stereocenters. The van der Waals surface area contributed by atoms with Crippen LogP contribution in [-0.2, 0) is 9.13 Å². The van der Waals surface area contributed by atoms with Crippen LogP contribution in [-0.4, -0.2) is 23.1 Å². The van der Waals surface area contributed by atoms with Crippen LogP contribution in [0.2, 0.25) is 0 Å². The lowest BCUT2D eigenvalue weighted by Gasteiger charge is -2.19. The first kappa shape index (κ1) is 19.5. The fraction of sp³-hybridized carbons (Fsp3) is 1.00. The van der Waals surface area contributed by atoms with E-state index in [4.69, 9.17) is 0 Å². The van der Waals surface area contributed by atoms with Crippen LogP contribution in [0.25, 0.3) is 0 Å². The first-order valence-corrected chi connectivity index (χ1v) is 11.2. The summed E-state index contributed by atoms with van der Waals surface area (Å²) in [6, 6.07) is 0.